The molecule has 2 aliphatic rings. The van der Waals surface area contributed by atoms with Crippen molar-refractivity contribution in [1.29, 1.82) is 0 Å². The minimum Gasteiger partial charge on any atom is -0.351 e. The standard InChI is InChI=1S/C26H30N4O2/c1-26(25(32)27-20-13-5-6-14-20)18-29-22-16-8-7-15-21(22)28-23(29)24(31)30(26)17-9-12-19-10-3-2-4-11-19/h2-4,7-8,10-11,15-16,20H,5-6,9,12-14,17-18H2,1H3,(H,27,32)/t26-/m1/s1. The zero-order chi connectivity index (χ0) is 22.1. The highest BCUT2D eigenvalue weighted by atomic mass is 16.2. The van der Waals surface area contributed by atoms with Gasteiger partial charge in [-0.25, -0.2) is 4.98 Å². The number of para-hydroxylation sites is 2. The van der Waals surface area contributed by atoms with Crippen molar-refractivity contribution >= 4 is 22.8 Å². The van der Waals surface area contributed by atoms with E-state index in [4.69, 9.17) is 0 Å². The van der Waals surface area contributed by atoms with Crippen LogP contribution >= 0.6 is 0 Å². The van der Waals surface area contributed by atoms with Crippen molar-refractivity contribution < 1.29 is 9.59 Å². The molecule has 3 aromatic rings. The number of nitrogens with zero attached hydrogens (tertiary/aromatic N) is 3. The van der Waals surface area contributed by atoms with E-state index >= 15 is 0 Å². The van der Waals surface area contributed by atoms with E-state index in [9.17, 15) is 9.59 Å². The number of carbonyl (C=O) groups is 2. The molecule has 1 saturated carbocycles. The number of carbonyl (C=O) groups excluding carboxylic acids is 2. The van der Waals surface area contributed by atoms with Crippen molar-refractivity contribution in [3.63, 3.8) is 0 Å². The average molecular weight is 431 g/mol. The SMILES string of the molecule is C[C@]1(C(=O)NC2CCCC2)Cn2c(nc3ccccc32)C(=O)N1CCCc1ccccc1. The molecular formula is C26H30N4O2. The predicted molar refractivity (Wildman–Crippen MR) is 124 cm³/mol. The summed E-state index contributed by atoms with van der Waals surface area (Å²) in [6, 6.07) is 18.2. The maximum Gasteiger partial charge on any atom is 0.290 e. The molecular weight excluding hydrogens is 400 g/mol. The van der Waals surface area contributed by atoms with Gasteiger partial charge in [-0.1, -0.05) is 55.3 Å². The number of amides is 2. The molecule has 6 heteroatoms. The third kappa shape index (κ3) is 3.68. The van der Waals surface area contributed by atoms with Crippen LogP contribution in [0.4, 0.5) is 0 Å². The maximum atomic E-state index is 13.6. The molecule has 1 aliphatic carbocycles. The van der Waals surface area contributed by atoms with Gasteiger partial charge in [-0.15, -0.1) is 0 Å². The first-order chi connectivity index (χ1) is 15.6. The Labute approximate surface area is 188 Å². The summed E-state index contributed by atoms with van der Waals surface area (Å²) in [6.45, 7) is 2.85. The lowest BCUT2D eigenvalue weighted by atomic mass is 9.94. The van der Waals surface area contributed by atoms with Crippen molar-refractivity contribution in [2.45, 2.75) is 63.6 Å². The summed E-state index contributed by atoms with van der Waals surface area (Å²) in [4.78, 5) is 33.6. The lowest BCUT2D eigenvalue weighted by molar-refractivity contribution is -0.133. The van der Waals surface area contributed by atoms with Crippen molar-refractivity contribution in [3.8, 4) is 0 Å². The molecule has 1 aliphatic heterocycles. The second-order valence-electron chi connectivity index (χ2n) is 9.28. The van der Waals surface area contributed by atoms with Gasteiger partial charge < -0.3 is 14.8 Å². The highest BCUT2D eigenvalue weighted by Gasteiger charge is 2.48. The van der Waals surface area contributed by atoms with E-state index < -0.39 is 5.54 Å². The Morgan fingerprint density at radius 1 is 1.09 bits per heavy atom. The van der Waals surface area contributed by atoms with Crippen LogP contribution in [0.15, 0.2) is 54.6 Å². The summed E-state index contributed by atoms with van der Waals surface area (Å²) in [7, 11) is 0. The fourth-order valence-corrected chi connectivity index (χ4v) is 5.18. The van der Waals surface area contributed by atoms with Crippen LogP contribution in [-0.2, 0) is 17.8 Å². The first kappa shape index (κ1) is 20.7. The number of nitrogens with one attached hydrogen (secondary N) is 1. The second kappa shape index (κ2) is 8.41. The number of hydrogen-bond donors (Lipinski definition) is 1. The molecule has 2 heterocycles. The van der Waals surface area contributed by atoms with Gasteiger partial charge in [0.2, 0.25) is 5.91 Å². The van der Waals surface area contributed by atoms with Gasteiger partial charge in [-0.3, -0.25) is 9.59 Å². The molecule has 5 rings (SSSR count). The lowest BCUT2D eigenvalue weighted by Gasteiger charge is -2.44. The average Bonchev–Trinajstić information content (AvgIpc) is 3.45. The van der Waals surface area contributed by atoms with Gasteiger partial charge in [0.15, 0.2) is 5.82 Å². The Morgan fingerprint density at radius 3 is 2.59 bits per heavy atom. The zero-order valence-electron chi connectivity index (χ0n) is 18.6. The molecule has 0 saturated heterocycles. The monoisotopic (exact) mass is 430 g/mol. The second-order valence-corrected chi connectivity index (χ2v) is 9.28. The Balaban J connectivity index is 1.45. The number of aromatic nitrogens is 2. The fraction of sp³-hybridized carbons (Fsp3) is 0.423. The van der Waals surface area contributed by atoms with Gasteiger partial charge >= 0.3 is 0 Å². The molecule has 1 fully saturated rings. The van der Waals surface area contributed by atoms with Gasteiger partial charge in [0.05, 0.1) is 17.6 Å². The van der Waals surface area contributed by atoms with E-state index in [0.29, 0.717) is 18.9 Å². The quantitative estimate of drug-likeness (QED) is 0.644. The first-order valence-electron chi connectivity index (χ1n) is 11.7. The van der Waals surface area contributed by atoms with Crippen LogP contribution < -0.4 is 5.32 Å². The number of rotatable bonds is 6. The number of aryl methyl sites for hydroxylation is 1. The molecule has 1 aromatic heterocycles. The van der Waals surface area contributed by atoms with E-state index in [1.807, 2.05) is 54.0 Å². The summed E-state index contributed by atoms with van der Waals surface area (Å²) in [5, 5.41) is 3.25. The van der Waals surface area contributed by atoms with Crippen molar-refractivity contribution in [1.82, 2.24) is 19.8 Å². The minimum atomic E-state index is -0.952. The highest BCUT2D eigenvalue weighted by molar-refractivity contribution is 6.01. The largest absolute Gasteiger partial charge is 0.351 e. The van der Waals surface area contributed by atoms with Crippen LogP contribution in [0.1, 0.15) is 55.2 Å². The van der Waals surface area contributed by atoms with Crippen molar-refractivity contribution in [3.05, 3.63) is 66.0 Å². The molecule has 6 nitrogen and oxygen atoms in total. The number of hydrogen-bond acceptors (Lipinski definition) is 3. The van der Waals surface area contributed by atoms with E-state index in [0.717, 1.165) is 49.6 Å². The highest BCUT2D eigenvalue weighted by Crippen LogP contribution is 2.31. The molecule has 0 spiro atoms. The first-order valence-corrected chi connectivity index (χ1v) is 11.7. The van der Waals surface area contributed by atoms with Crippen molar-refractivity contribution in [2.24, 2.45) is 0 Å². The van der Waals surface area contributed by atoms with E-state index in [-0.39, 0.29) is 17.9 Å². The number of benzene rings is 2. The van der Waals surface area contributed by atoms with Gasteiger partial charge in [0.1, 0.15) is 5.54 Å². The molecule has 2 amide bonds. The molecule has 32 heavy (non-hydrogen) atoms. The van der Waals surface area contributed by atoms with E-state index in [1.165, 1.54) is 5.56 Å². The third-order valence-electron chi connectivity index (χ3n) is 7.02. The van der Waals surface area contributed by atoms with Crippen LogP contribution in [-0.4, -0.2) is 44.4 Å². The predicted octanol–water partition coefficient (Wildman–Crippen LogP) is 3.94. The molecule has 0 unspecified atom stereocenters. The van der Waals surface area contributed by atoms with E-state index in [1.54, 1.807) is 4.90 Å². The minimum absolute atomic E-state index is 0.0547. The van der Waals surface area contributed by atoms with Gasteiger partial charge in [0, 0.05) is 12.6 Å². The van der Waals surface area contributed by atoms with Crippen LogP contribution in [0.5, 0.6) is 0 Å². The number of fused-ring (bicyclic) bond motifs is 3. The summed E-state index contributed by atoms with van der Waals surface area (Å²) in [6.07, 6.45) is 5.99. The van der Waals surface area contributed by atoms with Gasteiger partial charge in [0.25, 0.3) is 5.91 Å². The molecule has 0 bridgehead atoms. The molecule has 1 N–H and O–H groups in total. The molecule has 2 aromatic carbocycles. The zero-order valence-corrected chi connectivity index (χ0v) is 18.6. The molecule has 166 valence electrons. The molecule has 1 atom stereocenters. The fourth-order valence-electron chi connectivity index (χ4n) is 5.18. The summed E-state index contributed by atoms with van der Waals surface area (Å²) in [5.41, 5.74) is 1.98. The Hall–Kier alpha value is -3.15. The number of imidazole rings is 1. The van der Waals surface area contributed by atoms with E-state index in [2.05, 4.69) is 22.4 Å². The Kier molecular flexibility index (Phi) is 5.45. The van der Waals surface area contributed by atoms with Gasteiger partial charge in [-0.05, 0) is 50.3 Å². The summed E-state index contributed by atoms with van der Waals surface area (Å²) < 4.78 is 1.93. The van der Waals surface area contributed by atoms with Crippen LogP contribution in [0, 0.1) is 0 Å². The van der Waals surface area contributed by atoms with Crippen molar-refractivity contribution in [2.75, 3.05) is 6.54 Å². The topological polar surface area (TPSA) is 67.2 Å². The van der Waals surface area contributed by atoms with Crippen LogP contribution in [0.3, 0.4) is 0 Å². The third-order valence-corrected chi connectivity index (χ3v) is 7.02. The summed E-state index contributed by atoms with van der Waals surface area (Å²) >= 11 is 0. The Bertz CT molecular complexity index is 1130. The summed E-state index contributed by atoms with van der Waals surface area (Å²) in [5.74, 6) is 0.211. The Morgan fingerprint density at radius 2 is 1.81 bits per heavy atom. The molecule has 0 radical (unpaired) electrons. The van der Waals surface area contributed by atoms with Crippen LogP contribution in [0.2, 0.25) is 0 Å². The van der Waals surface area contributed by atoms with Gasteiger partial charge in [-0.2, -0.15) is 0 Å². The normalized spacial score (nSPS) is 21.2. The smallest absolute Gasteiger partial charge is 0.290 e. The lowest BCUT2D eigenvalue weighted by Crippen LogP contribution is -2.65. The maximum absolute atomic E-state index is 13.6. The van der Waals surface area contributed by atoms with Crippen LogP contribution in [0.25, 0.3) is 11.0 Å².